The lowest BCUT2D eigenvalue weighted by atomic mass is 9.48. The molecule has 13 nitrogen and oxygen atoms in total. The fourth-order valence-corrected chi connectivity index (χ4v) is 8.65. The van der Waals surface area contributed by atoms with Crippen molar-refractivity contribution < 1.29 is 54.6 Å². The van der Waals surface area contributed by atoms with Crippen molar-refractivity contribution in [2.45, 2.75) is 91.8 Å². The molecule has 2 aromatic carbocycles. The summed E-state index contributed by atoms with van der Waals surface area (Å²) >= 11 is 1.57. The van der Waals surface area contributed by atoms with Crippen LogP contribution in [-0.4, -0.2) is 114 Å². The van der Waals surface area contributed by atoms with Gasteiger partial charge in [0.05, 0.1) is 15.9 Å². The predicted octanol–water partition coefficient (Wildman–Crippen LogP) is 1.77. The Balaban J connectivity index is 0.000000337. The Morgan fingerprint density at radius 2 is 1.74 bits per heavy atom. The normalized spacial score (nSPS) is 29.7. The first-order valence-electron chi connectivity index (χ1n) is 15.7. The van der Waals surface area contributed by atoms with Crippen LogP contribution in [0.2, 0.25) is 0 Å². The molecule has 0 radical (unpaired) electrons. The average Bonchev–Trinajstić information content (AvgIpc) is 3.79. The molecule has 0 aromatic heterocycles. The van der Waals surface area contributed by atoms with Crippen LogP contribution in [-0.2, 0) is 26.2 Å². The molecular formula is C33H40N2O11S. The second-order valence-electron chi connectivity index (χ2n) is 13.0. The summed E-state index contributed by atoms with van der Waals surface area (Å²) in [7, 11) is 0. The molecule has 1 spiro atoms. The molecule has 2 heterocycles. The number of phenolic OH excluding ortho intramolecular Hbond substituents is 1. The minimum absolute atomic E-state index is 0.000747. The Morgan fingerprint density at radius 1 is 1.06 bits per heavy atom. The van der Waals surface area contributed by atoms with Crippen molar-refractivity contribution in [3.05, 3.63) is 47.5 Å². The first-order valence-corrected chi connectivity index (χ1v) is 17.0. The largest absolute Gasteiger partial charge is 0.504 e. The number of nitrogens with zero attached hydrogens (tertiary/aromatic N) is 2. The lowest BCUT2D eigenvalue weighted by Crippen LogP contribution is -2.78. The van der Waals surface area contributed by atoms with E-state index in [0.29, 0.717) is 24.3 Å². The second-order valence-corrected chi connectivity index (χ2v) is 13.9. The lowest BCUT2D eigenvalue weighted by Gasteiger charge is -2.64. The fourth-order valence-electron chi connectivity index (χ4n) is 8.13. The SMILES string of the molecule is CSc1ccccc1ON(C(C)=O)[C@@H]1CC[C@@]2(O)[C@H]3Cc4ccc(O)c5c4[C@@]2(CCN3CC2CC2)[C@H]1O5.O=C(O)C(O)C(O)C(=O)O. The van der Waals surface area contributed by atoms with Crippen molar-refractivity contribution in [1.82, 2.24) is 9.96 Å². The Labute approximate surface area is 275 Å². The number of amides is 1. The van der Waals surface area contributed by atoms with E-state index in [-0.39, 0.29) is 17.7 Å². The third-order valence-corrected chi connectivity index (χ3v) is 11.2. The number of aliphatic carboxylic acids is 2. The summed E-state index contributed by atoms with van der Waals surface area (Å²) in [5.74, 6) is -1.79. The quantitative estimate of drug-likeness (QED) is 0.167. The topological polar surface area (TPSA) is 198 Å². The highest BCUT2D eigenvalue weighted by Crippen LogP contribution is 2.66. The number of carboxylic acid groups (broad SMARTS) is 2. The minimum Gasteiger partial charge on any atom is -0.504 e. The van der Waals surface area contributed by atoms with Crippen LogP contribution in [0.25, 0.3) is 0 Å². The zero-order valence-corrected chi connectivity index (χ0v) is 26.9. The number of piperidine rings is 1. The zero-order chi connectivity index (χ0) is 33.8. The molecule has 47 heavy (non-hydrogen) atoms. The van der Waals surface area contributed by atoms with Crippen LogP contribution >= 0.6 is 11.8 Å². The van der Waals surface area contributed by atoms with Gasteiger partial charge in [0.25, 0.3) is 5.91 Å². The first-order chi connectivity index (χ1) is 22.3. The smallest absolute Gasteiger partial charge is 0.335 e. The van der Waals surface area contributed by atoms with E-state index in [9.17, 15) is 24.6 Å². The zero-order valence-electron chi connectivity index (χ0n) is 26.1. The predicted molar refractivity (Wildman–Crippen MR) is 167 cm³/mol. The van der Waals surface area contributed by atoms with Crippen LogP contribution in [0.5, 0.6) is 17.2 Å². The number of aliphatic hydroxyl groups is 3. The van der Waals surface area contributed by atoms with Crippen molar-refractivity contribution >= 4 is 29.6 Å². The van der Waals surface area contributed by atoms with Crippen molar-refractivity contribution in [2.75, 3.05) is 19.3 Å². The number of thioether (sulfide) groups is 1. The van der Waals surface area contributed by atoms with Gasteiger partial charge in [0.15, 0.2) is 29.5 Å². The van der Waals surface area contributed by atoms with Crippen molar-refractivity contribution in [3.8, 4) is 17.2 Å². The van der Waals surface area contributed by atoms with Crippen LogP contribution in [0, 0.1) is 5.92 Å². The summed E-state index contributed by atoms with van der Waals surface area (Å²) in [6.07, 6.45) is 2.08. The molecule has 254 valence electrons. The third kappa shape index (κ3) is 5.49. The van der Waals surface area contributed by atoms with Gasteiger partial charge in [-0.25, -0.2) is 9.59 Å². The molecule has 1 saturated heterocycles. The van der Waals surface area contributed by atoms with E-state index in [4.69, 9.17) is 30.0 Å². The molecule has 7 atom stereocenters. The molecule has 2 aromatic rings. The summed E-state index contributed by atoms with van der Waals surface area (Å²) in [6.45, 7) is 3.43. The lowest BCUT2D eigenvalue weighted by molar-refractivity contribution is -0.225. The van der Waals surface area contributed by atoms with Gasteiger partial charge in [-0.15, -0.1) is 11.8 Å². The summed E-state index contributed by atoms with van der Waals surface area (Å²) < 4.78 is 6.63. The average molecular weight is 673 g/mol. The minimum atomic E-state index is -2.27. The van der Waals surface area contributed by atoms with Gasteiger partial charge in [0.2, 0.25) is 0 Å². The molecule has 6 N–H and O–H groups in total. The summed E-state index contributed by atoms with van der Waals surface area (Å²) in [6, 6.07) is 11.0. The Bertz CT molecular complexity index is 1550. The van der Waals surface area contributed by atoms with Gasteiger partial charge < -0.3 is 40.2 Å². The first kappa shape index (κ1) is 33.3. The van der Waals surface area contributed by atoms with Gasteiger partial charge in [-0.3, -0.25) is 9.69 Å². The second kappa shape index (κ2) is 12.5. The monoisotopic (exact) mass is 672 g/mol. The van der Waals surface area contributed by atoms with E-state index in [2.05, 4.69) is 4.90 Å². The molecule has 2 aliphatic heterocycles. The molecule has 7 rings (SSSR count). The standard InChI is InChI=1S/C29H34N2O5S.C4H6O6/c1-17(32)31(36-22-5-3-4-6-23(22)37-2)20-11-12-29(34)24-15-19-9-10-21(33)26-25(19)28(29,27(20)35-26)13-14-30(24)16-18-7-8-18;5-1(3(7)8)2(6)4(9)10/h3-6,9-10,18,20,24,27,33-34H,7-8,11-16H2,1-2H3;1-2,5-6H,(H,7,8)(H,9,10)/t20-,24-,27+,28+,29-;/m1./s1. The number of likely N-dealkylation sites (tertiary alicyclic amines) is 1. The van der Waals surface area contributed by atoms with E-state index >= 15 is 0 Å². The molecule has 3 aliphatic carbocycles. The number of hydroxylamine groups is 2. The highest BCUT2D eigenvalue weighted by molar-refractivity contribution is 7.98. The van der Waals surface area contributed by atoms with Crippen molar-refractivity contribution in [3.63, 3.8) is 0 Å². The van der Waals surface area contributed by atoms with E-state index in [1.807, 2.05) is 36.6 Å². The Kier molecular flexibility index (Phi) is 8.85. The summed E-state index contributed by atoms with van der Waals surface area (Å²) in [5, 5.41) is 57.5. The van der Waals surface area contributed by atoms with E-state index in [1.54, 1.807) is 17.8 Å². The van der Waals surface area contributed by atoms with E-state index < -0.39 is 47.3 Å². The number of aromatic hydroxyl groups is 1. The Morgan fingerprint density at radius 3 is 2.36 bits per heavy atom. The maximum atomic E-state index is 13.1. The van der Waals surface area contributed by atoms with Crippen LogP contribution in [0.4, 0.5) is 0 Å². The molecule has 14 heteroatoms. The maximum Gasteiger partial charge on any atom is 0.335 e. The number of carboxylic acids is 2. The number of ether oxygens (including phenoxy) is 1. The molecule has 2 bridgehead atoms. The highest BCUT2D eigenvalue weighted by Gasteiger charge is 2.74. The fraction of sp³-hybridized carbons (Fsp3) is 0.545. The number of phenols is 1. The summed E-state index contributed by atoms with van der Waals surface area (Å²) in [4.78, 5) is 42.4. The van der Waals surface area contributed by atoms with Crippen LogP contribution < -0.4 is 9.57 Å². The van der Waals surface area contributed by atoms with Gasteiger partial charge >= 0.3 is 11.9 Å². The van der Waals surface area contributed by atoms with Gasteiger partial charge in [0.1, 0.15) is 12.1 Å². The molecule has 5 aliphatic rings. The number of carbonyl (C=O) groups is 3. The number of rotatable bonds is 9. The number of para-hydroxylation sites is 1. The molecule has 2 saturated carbocycles. The molecule has 2 unspecified atom stereocenters. The van der Waals surface area contributed by atoms with Crippen molar-refractivity contribution in [1.29, 1.82) is 0 Å². The highest BCUT2D eigenvalue weighted by atomic mass is 32.2. The van der Waals surface area contributed by atoms with Crippen LogP contribution in [0.3, 0.4) is 0 Å². The van der Waals surface area contributed by atoms with Crippen molar-refractivity contribution in [2.24, 2.45) is 5.92 Å². The number of carbonyl (C=O) groups excluding carboxylic acids is 1. The third-order valence-electron chi connectivity index (χ3n) is 10.4. The number of aliphatic hydroxyl groups excluding tert-OH is 2. The van der Waals surface area contributed by atoms with Crippen LogP contribution in [0.1, 0.15) is 50.2 Å². The summed E-state index contributed by atoms with van der Waals surface area (Å²) in [5.41, 5.74) is 0.417. The molecule has 3 fully saturated rings. The van der Waals surface area contributed by atoms with E-state index in [1.165, 1.54) is 24.8 Å². The maximum absolute atomic E-state index is 13.1. The molecule has 1 amide bonds. The van der Waals surface area contributed by atoms with Gasteiger partial charge in [-0.05, 0) is 81.0 Å². The Hall–Kier alpha value is -3.56. The van der Waals surface area contributed by atoms with Crippen LogP contribution in [0.15, 0.2) is 41.3 Å². The number of hydrogen-bond acceptors (Lipinski definition) is 11. The van der Waals surface area contributed by atoms with Gasteiger partial charge in [-0.1, -0.05) is 18.2 Å². The number of hydrogen-bond donors (Lipinski definition) is 6. The van der Waals surface area contributed by atoms with Gasteiger partial charge in [0, 0.05) is 25.1 Å². The molecular weight excluding hydrogens is 632 g/mol. The number of benzene rings is 2. The van der Waals surface area contributed by atoms with E-state index in [0.717, 1.165) is 47.9 Å². The van der Waals surface area contributed by atoms with Gasteiger partial charge in [-0.2, -0.15) is 5.06 Å².